The molecule has 1 aliphatic rings. The number of carboxylic acid groups (broad SMARTS) is 1. The van der Waals surface area contributed by atoms with Crippen LogP contribution >= 0.6 is 11.3 Å². The van der Waals surface area contributed by atoms with Crippen molar-refractivity contribution in [1.82, 2.24) is 9.97 Å². The summed E-state index contributed by atoms with van der Waals surface area (Å²) in [6.07, 6.45) is 4.16. The summed E-state index contributed by atoms with van der Waals surface area (Å²) in [7, 11) is 0. The highest BCUT2D eigenvalue weighted by Crippen LogP contribution is 2.36. The summed E-state index contributed by atoms with van der Waals surface area (Å²) in [4.78, 5) is 20.8. The first kappa shape index (κ1) is 13.1. The van der Waals surface area contributed by atoms with Crippen LogP contribution in [0.1, 0.15) is 41.0 Å². The van der Waals surface area contributed by atoms with Gasteiger partial charge in [0, 0.05) is 4.88 Å². The molecule has 2 N–H and O–H groups in total. The molecule has 0 spiro atoms. The maximum absolute atomic E-state index is 11.2. The molecule has 20 heavy (non-hydrogen) atoms. The highest BCUT2D eigenvalue weighted by atomic mass is 32.1. The molecule has 2 aromatic heterocycles. The number of nitrogens with zero attached hydrogens (tertiary/aromatic N) is 2. The minimum absolute atomic E-state index is 0.456. The number of hydrogen-bond acceptors (Lipinski definition) is 6. The Bertz CT molecular complexity index is 635. The number of oxazole rings is 1. The Morgan fingerprint density at radius 2 is 2.50 bits per heavy atom. The van der Waals surface area contributed by atoms with Gasteiger partial charge in [-0.3, -0.25) is 4.79 Å². The third kappa shape index (κ3) is 2.53. The van der Waals surface area contributed by atoms with Crippen LogP contribution in [0.15, 0.2) is 10.6 Å². The highest BCUT2D eigenvalue weighted by molar-refractivity contribution is 7.15. The van der Waals surface area contributed by atoms with Gasteiger partial charge in [0.1, 0.15) is 11.7 Å². The Kier molecular flexibility index (Phi) is 3.43. The van der Waals surface area contributed by atoms with E-state index >= 15 is 0 Å². The molecule has 106 valence electrons. The molecule has 0 bridgehead atoms. The summed E-state index contributed by atoms with van der Waals surface area (Å²) in [6, 6.07) is 0. The topological polar surface area (TPSA) is 88.2 Å². The van der Waals surface area contributed by atoms with Crippen LogP contribution in [0.25, 0.3) is 0 Å². The summed E-state index contributed by atoms with van der Waals surface area (Å²) >= 11 is 1.53. The number of thiazole rings is 1. The number of nitrogens with one attached hydrogen (secondary N) is 1. The SMILES string of the molecule is Cc1cnc(CNc2nc3c(s2)CCCC3C(=O)O)o1. The van der Waals surface area contributed by atoms with Crippen LogP contribution in [0.3, 0.4) is 0 Å². The fourth-order valence-electron chi connectivity index (χ4n) is 2.37. The van der Waals surface area contributed by atoms with E-state index in [1.807, 2.05) is 6.92 Å². The van der Waals surface area contributed by atoms with E-state index in [0.29, 0.717) is 18.9 Å². The predicted octanol–water partition coefficient (Wildman–Crippen LogP) is 2.56. The minimum atomic E-state index is -0.786. The van der Waals surface area contributed by atoms with E-state index in [9.17, 15) is 9.90 Å². The van der Waals surface area contributed by atoms with Crippen molar-refractivity contribution in [3.05, 3.63) is 28.4 Å². The zero-order valence-corrected chi connectivity index (χ0v) is 11.9. The molecule has 0 fully saturated rings. The Hall–Kier alpha value is -1.89. The molecule has 6 nitrogen and oxygen atoms in total. The Labute approximate surface area is 119 Å². The molecule has 3 rings (SSSR count). The number of aliphatic carboxylic acids is 1. The molecular formula is C13H15N3O3S. The monoisotopic (exact) mass is 293 g/mol. The Morgan fingerprint density at radius 3 is 3.20 bits per heavy atom. The third-order valence-corrected chi connectivity index (χ3v) is 4.40. The van der Waals surface area contributed by atoms with Gasteiger partial charge in [0.05, 0.1) is 18.4 Å². The van der Waals surface area contributed by atoms with E-state index in [2.05, 4.69) is 15.3 Å². The van der Waals surface area contributed by atoms with E-state index in [1.54, 1.807) is 6.20 Å². The molecule has 0 amide bonds. The summed E-state index contributed by atoms with van der Waals surface area (Å²) in [5.41, 5.74) is 0.722. The van der Waals surface area contributed by atoms with Gasteiger partial charge in [0.25, 0.3) is 0 Å². The summed E-state index contributed by atoms with van der Waals surface area (Å²) in [5, 5.41) is 13.1. The average molecular weight is 293 g/mol. The Morgan fingerprint density at radius 1 is 1.65 bits per heavy atom. The third-order valence-electron chi connectivity index (χ3n) is 3.31. The fraction of sp³-hybridized carbons (Fsp3) is 0.462. The number of carbonyl (C=O) groups is 1. The number of fused-ring (bicyclic) bond motifs is 1. The molecule has 2 aromatic rings. The van der Waals surface area contributed by atoms with Crippen molar-refractivity contribution in [2.45, 2.75) is 38.6 Å². The van der Waals surface area contributed by atoms with Gasteiger partial charge < -0.3 is 14.8 Å². The van der Waals surface area contributed by atoms with Crippen molar-refractivity contribution in [2.75, 3.05) is 5.32 Å². The molecule has 1 unspecified atom stereocenters. The molecule has 0 aromatic carbocycles. The maximum atomic E-state index is 11.2. The van der Waals surface area contributed by atoms with Crippen molar-refractivity contribution in [1.29, 1.82) is 0 Å². The molecule has 1 atom stereocenters. The van der Waals surface area contributed by atoms with Crippen LogP contribution in [-0.2, 0) is 17.8 Å². The maximum Gasteiger partial charge on any atom is 0.312 e. The van der Waals surface area contributed by atoms with Crippen molar-refractivity contribution in [3.8, 4) is 0 Å². The normalized spacial score (nSPS) is 17.8. The number of aromatic nitrogens is 2. The van der Waals surface area contributed by atoms with Crippen molar-refractivity contribution < 1.29 is 14.3 Å². The lowest BCUT2D eigenvalue weighted by molar-refractivity contribution is -0.139. The quantitative estimate of drug-likeness (QED) is 0.900. The van der Waals surface area contributed by atoms with Crippen molar-refractivity contribution in [2.24, 2.45) is 0 Å². The van der Waals surface area contributed by atoms with E-state index in [4.69, 9.17) is 4.42 Å². The lowest BCUT2D eigenvalue weighted by Gasteiger charge is -2.16. The molecule has 0 aliphatic heterocycles. The molecule has 2 heterocycles. The number of anilines is 1. The van der Waals surface area contributed by atoms with Crippen LogP contribution in [0.5, 0.6) is 0 Å². The second-order valence-electron chi connectivity index (χ2n) is 4.83. The number of rotatable bonds is 4. The Balaban J connectivity index is 1.74. The lowest BCUT2D eigenvalue weighted by atomic mass is 9.91. The molecule has 7 heteroatoms. The minimum Gasteiger partial charge on any atom is -0.481 e. The summed E-state index contributed by atoms with van der Waals surface area (Å²) < 4.78 is 5.38. The van der Waals surface area contributed by atoms with Gasteiger partial charge in [-0.25, -0.2) is 9.97 Å². The molecule has 0 saturated heterocycles. The van der Waals surface area contributed by atoms with E-state index in [-0.39, 0.29) is 0 Å². The van der Waals surface area contributed by atoms with Gasteiger partial charge in [0.2, 0.25) is 5.89 Å². The first-order valence-corrected chi connectivity index (χ1v) is 7.32. The second kappa shape index (κ2) is 5.24. The highest BCUT2D eigenvalue weighted by Gasteiger charge is 2.29. The first-order chi connectivity index (χ1) is 9.63. The number of aryl methyl sites for hydroxylation is 2. The van der Waals surface area contributed by atoms with E-state index in [1.165, 1.54) is 11.3 Å². The summed E-state index contributed by atoms with van der Waals surface area (Å²) in [5.74, 6) is 0.122. The average Bonchev–Trinajstić information content (AvgIpc) is 3.01. The first-order valence-electron chi connectivity index (χ1n) is 6.51. The fourth-order valence-corrected chi connectivity index (χ4v) is 3.43. The second-order valence-corrected chi connectivity index (χ2v) is 5.91. The molecule has 0 radical (unpaired) electrons. The smallest absolute Gasteiger partial charge is 0.312 e. The van der Waals surface area contributed by atoms with E-state index < -0.39 is 11.9 Å². The summed E-state index contributed by atoms with van der Waals surface area (Å²) in [6.45, 7) is 2.30. The molecule has 0 saturated carbocycles. The van der Waals surface area contributed by atoms with Crippen LogP contribution in [0.2, 0.25) is 0 Å². The largest absolute Gasteiger partial charge is 0.481 e. The van der Waals surface area contributed by atoms with Crippen LogP contribution in [-0.4, -0.2) is 21.0 Å². The number of carboxylic acids is 1. The molecular weight excluding hydrogens is 278 g/mol. The van der Waals surface area contributed by atoms with Crippen LogP contribution < -0.4 is 5.32 Å². The van der Waals surface area contributed by atoms with Gasteiger partial charge in [-0.15, -0.1) is 11.3 Å². The zero-order chi connectivity index (χ0) is 14.1. The van der Waals surface area contributed by atoms with Crippen molar-refractivity contribution >= 4 is 22.4 Å². The van der Waals surface area contributed by atoms with Crippen LogP contribution in [0, 0.1) is 6.92 Å². The lowest BCUT2D eigenvalue weighted by Crippen LogP contribution is -2.17. The van der Waals surface area contributed by atoms with Gasteiger partial charge in [-0.05, 0) is 26.2 Å². The van der Waals surface area contributed by atoms with E-state index in [0.717, 1.165) is 34.3 Å². The van der Waals surface area contributed by atoms with Gasteiger partial charge in [-0.2, -0.15) is 0 Å². The molecule has 1 aliphatic carbocycles. The predicted molar refractivity (Wildman–Crippen MR) is 74.0 cm³/mol. The van der Waals surface area contributed by atoms with Gasteiger partial charge in [-0.1, -0.05) is 0 Å². The van der Waals surface area contributed by atoms with Crippen LogP contribution in [0.4, 0.5) is 5.13 Å². The standard InChI is InChI=1S/C13H15N3O3S/c1-7-5-14-10(19-7)6-15-13-16-11-8(12(17)18)3-2-4-9(11)20-13/h5,8H,2-4,6H2,1H3,(H,15,16)(H,17,18). The van der Waals surface area contributed by atoms with Crippen molar-refractivity contribution in [3.63, 3.8) is 0 Å². The van der Waals surface area contributed by atoms with Gasteiger partial charge >= 0.3 is 5.97 Å². The van der Waals surface area contributed by atoms with Gasteiger partial charge in [0.15, 0.2) is 5.13 Å². The number of hydrogen-bond donors (Lipinski definition) is 2. The zero-order valence-electron chi connectivity index (χ0n) is 11.0.